The smallest absolute Gasteiger partial charge is 0.228 e. The van der Waals surface area contributed by atoms with Crippen LogP contribution in [0.2, 0.25) is 0 Å². The normalized spacial score (nSPS) is 33.1. The minimum atomic E-state index is 0.00771. The molecule has 0 unspecified atom stereocenters. The molecule has 0 N–H and O–H groups in total. The van der Waals surface area contributed by atoms with Crippen LogP contribution in [0.5, 0.6) is 0 Å². The highest BCUT2D eigenvalue weighted by Gasteiger charge is 2.49. The number of likely N-dealkylation sites (tertiary alicyclic amines) is 1. The first-order chi connectivity index (χ1) is 11.3. The third kappa shape index (κ3) is 2.98. The van der Waals surface area contributed by atoms with Crippen LogP contribution in [0.3, 0.4) is 0 Å². The lowest BCUT2D eigenvalue weighted by Crippen LogP contribution is -2.42. The number of nitrogens with zero attached hydrogens (tertiary/aromatic N) is 2. The van der Waals surface area contributed by atoms with E-state index in [2.05, 4.69) is 4.98 Å². The molecule has 0 spiro atoms. The Morgan fingerprint density at radius 1 is 1.35 bits per heavy atom. The maximum Gasteiger partial charge on any atom is 0.228 e. The van der Waals surface area contributed by atoms with Gasteiger partial charge in [0.05, 0.1) is 44.5 Å². The van der Waals surface area contributed by atoms with E-state index >= 15 is 0 Å². The zero-order chi connectivity index (χ0) is 15.6. The predicted molar refractivity (Wildman–Crippen MR) is 81.6 cm³/mol. The molecule has 3 saturated heterocycles. The van der Waals surface area contributed by atoms with E-state index in [1.165, 1.54) is 0 Å². The molecule has 3 aliphatic rings. The van der Waals surface area contributed by atoms with Crippen molar-refractivity contribution in [2.75, 3.05) is 33.0 Å². The SMILES string of the molecule is O=C([C@@H]1CCOC1)N1C[C@H](OCc2cccnc2)[C@H]2COC[C@H]21. The zero-order valence-electron chi connectivity index (χ0n) is 13.1. The van der Waals surface area contributed by atoms with Gasteiger partial charge in [-0.1, -0.05) is 6.07 Å². The predicted octanol–water partition coefficient (Wildman–Crippen LogP) is 0.860. The second-order valence-electron chi connectivity index (χ2n) is 6.53. The highest BCUT2D eigenvalue weighted by atomic mass is 16.5. The third-order valence-electron chi connectivity index (χ3n) is 5.10. The van der Waals surface area contributed by atoms with Crippen LogP contribution in [-0.2, 0) is 25.6 Å². The number of hydrogen-bond donors (Lipinski definition) is 0. The topological polar surface area (TPSA) is 60.9 Å². The number of hydrogen-bond acceptors (Lipinski definition) is 5. The standard InChI is InChI=1S/C17H22N2O4/c20-17(13-3-5-21-9-13)19-7-16(14-10-22-11-15(14)19)23-8-12-2-1-4-18-6-12/h1-2,4,6,13-16H,3,5,7-11H2/t13-,14+,15-,16+/m1/s1. The van der Waals surface area contributed by atoms with Crippen LogP contribution in [0.15, 0.2) is 24.5 Å². The molecular weight excluding hydrogens is 296 g/mol. The number of carbonyl (C=O) groups excluding carboxylic acids is 1. The Labute approximate surface area is 135 Å². The Bertz CT molecular complexity index is 547. The molecule has 0 radical (unpaired) electrons. The first-order valence-corrected chi connectivity index (χ1v) is 8.29. The Kier molecular flexibility index (Phi) is 4.29. The lowest BCUT2D eigenvalue weighted by Gasteiger charge is -2.25. The van der Waals surface area contributed by atoms with E-state index in [0.29, 0.717) is 39.6 Å². The van der Waals surface area contributed by atoms with Gasteiger partial charge in [0, 0.05) is 31.5 Å². The number of amides is 1. The first kappa shape index (κ1) is 15.1. The summed E-state index contributed by atoms with van der Waals surface area (Å²) in [4.78, 5) is 18.8. The Hall–Kier alpha value is -1.50. The summed E-state index contributed by atoms with van der Waals surface area (Å²) >= 11 is 0. The molecule has 0 bridgehead atoms. The van der Waals surface area contributed by atoms with Crippen molar-refractivity contribution in [3.63, 3.8) is 0 Å². The summed E-state index contributed by atoms with van der Waals surface area (Å²) in [7, 11) is 0. The summed E-state index contributed by atoms with van der Waals surface area (Å²) in [5, 5.41) is 0. The van der Waals surface area contributed by atoms with Crippen molar-refractivity contribution < 1.29 is 19.0 Å². The fourth-order valence-electron chi connectivity index (χ4n) is 3.78. The molecule has 1 aromatic rings. The maximum absolute atomic E-state index is 12.7. The molecule has 4 rings (SSSR count). The van der Waals surface area contributed by atoms with Crippen molar-refractivity contribution in [3.8, 4) is 0 Å². The summed E-state index contributed by atoms with van der Waals surface area (Å²) < 4.78 is 17.1. The van der Waals surface area contributed by atoms with Gasteiger partial charge >= 0.3 is 0 Å². The molecule has 6 nitrogen and oxygen atoms in total. The van der Waals surface area contributed by atoms with Crippen LogP contribution in [0.25, 0.3) is 0 Å². The molecule has 3 aliphatic heterocycles. The largest absolute Gasteiger partial charge is 0.381 e. The minimum absolute atomic E-state index is 0.00771. The van der Waals surface area contributed by atoms with Crippen LogP contribution in [0.4, 0.5) is 0 Å². The number of pyridine rings is 1. The van der Waals surface area contributed by atoms with E-state index in [9.17, 15) is 4.79 Å². The first-order valence-electron chi connectivity index (χ1n) is 8.29. The Balaban J connectivity index is 1.41. The molecule has 23 heavy (non-hydrogen) atoms. The molecule has 1 aromatic heterocycles. The van der Waals surface area contributed by atoms with Crippen molar-refractivity contribution in [3.05, 3.63) is 30.1 Å². The molecule has 4 heterocycles. The minimum Gasteiger partial charge on any atom is -0.381 e. The fraction of sp³-hybridized carbons (Fsp3) is 0.647. The number of aromatic nitrogens is 1. The second kappa shape index (κ2) is 6.55. The number of fused-ring (bicyclic) bond motifs is 1. The van der Waals surface area contributed by atoms with Gasteiger partial charge in [-0.2, -0.15) is 0 Å². The van der Waals surface area contributed by atoms with Crippen LogP contribution in [0.1, 0.15) is 12.0 Å². The second-order valence-corrected chi connectivity index (χ2v) is 6.53. The van der Waals surface area contributed by atoms with E-state index in [1.54, 1.807) is 6.20 Å². The number of carbonyl (C=O) groups is 1. The molecule has 0 aliphatic carbocycles. The van der Waals surface area contributed by atoms with Gasteiger partial charge in [0.2, 0.25) is 5.91 Å². The average molecular weight is 318 g/mol. The van der Waals surface area contributed by atoms with Gasteiger partial charge in [0.15, 0.2) is 0 Å². The van der Waals surface area contributed by atoms with Crippen LogP contribution >= 0.6 is 0 Å². The molecule has 3 fully saturated rings. The van der Waals surface area contributed by atoms with E-state index in [-0.39, 0.29) is 29.9 Å². The third-order valence-corrected chi connectivity index (χ3v) is 5.10. The van der Waals surface area contributed by atoms with Gasteiger partial charge in [-0.3, -0.25) is 9.78 Å². The van der Waals surface area contributed by atoms with E-state index in [4.69, 9.17) is 14.2 Å². The summed E-state index contributed by atoms with van der Waals surface area (Å²) in [5.41, 5.74) is 1.05. The quantitative estimate of drug-likeness (QED) is 0.824. The van der Waals surface area contributed by atoms with E-state index in [1.807, 2.05) is 23.2 Å². The molecule has 4 atom stereocenters. The van der Waals surface area contributed by atoms with Crippen molar-refractivity contribution in [1.82, 2.24) is 9.88 Å². The molecule has 1 amide bonds. The summed E-state index contributed by atoms with van der Waals surface area (Å²) in [5.74, 6) is 0.488. The van der Waals surface area contributed by atoms with Crippen LogP contribution in [-0.4, -0.2) is 60.9 Å². The van der Waals surface area contributed by atoms with Crippen LogP contribution in [0, 0.1) is 11.8 Å². The average Bonchev–Trinajstić information content (AvgIpc) is 3.31. The van der Waals surface area contributed by atoms with Gasteiger partial charge in [-0.05, 0) is 18.1 Å². The molecule has 0 aromatic carbocycles. The van der Waals surface area contributed by atoms with E-state index in [0.717, 1.165) is 12.0 Å². The van der Waals surface area contributed by atoms with Crippen LogP contribution < -0.4 is 0 Å². The molecule has 6 heteroatoms. The summed E-state index contributed by atoms with van der Waals surface area (Å²) in [6, 6.07) is 4.07. The van der Waals surface area contributed by atoms with Crippen molar-refractivity contribution in [2.24, 2.45) is 11.8 Å². The lowest BCUT2D eigenvalue weighted by molar-refractivity contribution is -0.137. The molecule has 124 valence electrons. The van der Waals surface area contributed by atoms with Gasteiger partial charge in [0.25, 0.3) is 0 Å². The van der Waals surface area contributed by atoms with Gasteiger partial charge in [0.1, 0.15) is 0 Å². The van der Waals surface area contributed by atoms with Gasteiger partial charge in [-0.25, -0.2) is 0 Å². The summed E-state index contributed by atoms with van der Waals surface area (Å²) in [6.45, 7) is 3.72. The zero-order valence-corrected chi connectivity index (χ0v) is 13.1. The lowest BCUT2D eigenvalue weighted by atomic mass is 10.0. The molecular formula is C17H22N2O4. The van der Waals surface area contributed by atoms with Gasteiger partial charge in [-0.15, -0.1) is 0 Å². The van der Waals surface area contributed by atoms with Crippen molar-refractivity contribution in [1.29, 1.82) is 0 Å². The number of rotatable bonds is 4. The Morgan fingerprint density at radius 3 is 3.09 bits per heavy atom. The fourth-order valence-corrected chi connectivity index (χ4v) is 3.78. The highest BCUT2D eigenvalue weighted by molar-refractivity contribution is 5.80. The monoisotopic (exact) mass is 318 g/mol. The number of ether oxygens (including phenoxy) is 3. The van der Waals surface area contributed by atoms with Gasteiger partial charge < -0.3 is 19.1 Å². The maximum atomic E-state index is 12.7. The molecule has 0 saturated carbocycles. The van der Waals surface area contributed by atoms with Crippen molar-refractivity contribution in [2.45, 2.75) is 25.2 Å². The van der Waals surface area contributed by atoms with Crippen molar-refractivity contribution >= 4 is 5.91 Å². The summed E-state index contributed by atoms with van der Waals surface area (Å²) in [6.07, 6.45) is 4.43. The van der Waals surface area contributed by atoms with E-state index < -0.39 is 0 Å². The Morgan fingerprint density at radius 2 is 2.30 bits per heavy atom. The highest BCUT2D eigenvalue weighted by Crippen LogP contribution is 2.34.